The minimum absolute atomic E-state index is 0.0603. The van der Waals surface area contributed by atoms with Crippen LogP contribution in [0.15, 0.2) is 48.8 Å². The van der Waals surface area contributed by atoms with Crippen molar-refractivity contribution < 1.29 is 19.3 Å². The minimum Gasteiger partial charge on any atom is -0.473 e. The van der Waals surface area contributed by atoms with Crippen molar-refractivity contribution in [1.29, 1.82) is 0 Å². The number of benzene rings is 1. The molecule has 1 aliphatic carbocycles. The number of halogens is 1. The molecular weight excluding hydrogens is 337 g/mol. The van der Waals surface area contributed by atoms with Gasteiger partial charge in [0.2, 0.25) is 5.88 Å². The van der Waals surface area contributed by atoms with E-state index in [4.69, 9.17) is 4.74 Å². The highest BCUT2D eigenvalue weighted by Crippen LogP contribution is 2.40. The van der Waals surface area contributed by atoms with Crippen molar-refractivity contribution in [1.82, 2.24) is 14.8 Å². The Morgan fingerprint density at radius 3 is 2.73 bits per heavy atom. The molecule has 0 bridgehead atoms. The molecular formula is C19H18FN3O3. The average Bonchev–Trinajstić information content (AvgIpc) is 3.39. The van der Waals surface area contributed by atoms with Crippen molar-refractivity contribution in [3.63, 3.8) is 0 Å². The Labute approximate surface area is 149 Å². The van der Waals surface area contributed by atoms with Crippen LogP contribution in [0.3, 0.4) is 0 Å². The van der Waals surface area contributed by atoms with E-state index in [-0.39, 0.29) is 18.0 Å². The molecule has 2 N–H and O–H groups in total. The standard InChI is InChI=1S/C19H18FN3O3/c20-16-9-13(12-1-2-12)3-4-15(16)11-26-18-6-8-22-23(18)17-10-14(19(24)25)5-7-21-17/h3-10,12,19,24-25H,1-2,11H2. The molecule has 0 atom stereocenters. The zero-order valence-electron chi connectivity index (χ0n) is 13.9. The Kier molecular flexibility index (Phi) is 4.40. The zero-order valence-corrected chi connectivity index (χ0v) is 13.9. The molecule has 6 nitrogen and oxygen atoms in total. The summed E-state index contributed by atoms with van der Waals surface area (Å²) < 4.78 is 21.4. The van der Waals surface area contributed by atoms with Crippen LogP contribution in [0, 0.1) is 5.82 Å². The number of aromatic nitrogens is 3. The molecule has 134 valence electrons. The Bertz CT molecular complexity index is 922. The summed E-state index contributed by atoms with van der Waals surface area (Å²) in [6.45, 7) is 0.0603. The molecule has 0 unspecified atom stereocenters. The Hall–Kier alpha value is -2.77. The number of hydrogen-bond donors (Lipinski definition) is 2. The molecule has 7 heteroatoms. The van der Waals surface area contributed by atoms with Gasteiger partial charge in [0.05, 0.1) is 6.20 Å². The lowest BCUT2D eigenvalue weighted by Gasteiger charge is -2.11. The molecule has 1 aromatic carbocycles. The van der Waals surface area contributed by atoms with E-state index in [2.05, 4.69) is 10.1 Å². The number of hydrogen-bond acceptors (Lipinski definition) is 5. The molecule has 0 radical (unpaired) electrons. The summed E-state index contributed by atoms with van der Waals surface area (Å²) in [5.74, 6) is 0.984. The highest BCUT2D eigenvalue weighted by atomic mass is 19.1. The predicted molar refractivity (Wildman–Crippen MR) is 91.2 cm³/mol. The maximum Gasteiger partial charge on any atom is 0.218 e. The quantitative estimate of drug-likeness (QED) is 0.665. The predicted octanol–water partition coefficient (Wildman–Crippen LogP) is 2.85. The lowest BCUT2D eigenvalue weighted by atomic mass is 10.1. The highest BCUT2D eigenvalue weighted by Gasteiger charge is 2.24. The number of pyridine rings is 1. The first-order valence-corrected chi connectivity index (χ1v) is 8.39. The fourth-order valence-corrected chi connectivity index (χ4v) is 2.79. The van der Waals surface area contributed by atoms with Crippen LogP contribution in [-0.2, 0) is 6.61 Å². The van der Waals surface area contributed by atoms with Crippen LogP contribution in [0.5, 0.6) is 5.88 Å². The third-order valence-electron chi connectivity index (χ3n) is 4.39. The van der Waals surface area contributed by atoms with Gasteiger partial charge in [-0.1, -0.05) is 12.1 Å². The number of ether oxygens (including phenoxy) is 1. The maximum atomic E-state index is 14.3. The lowest BCUT2D eigenvalue weighted by Crippen LogP contribution is -2.07. The largest absolute Gasteiger partial charge is 0.473 e. The topological polar surface area (TPSA) is 80.4 Å². The second-order valence-corrected chi connectivity index (χ2v) is 6.32. The average molecular weight is 355 g/mol. The van der Waals surface area contributed by atoms with Gasteiger partial charge in [0.25, 0.3) is 0 Å². The van der Waals surface area contributed by atoms with E-state index < -0.39 is 6.29 Å². The second-order valence-electron chi connectivity index (χ2n) is 6.32. The summed E-state index contributed by atoms with van der Waals surface area (Å²) in [6, 6.07) is 9.92. The van der Waals surface area contributed by atoms with E-state index >= 15 is 0 Å². The summed E-state index contributed by atoms with van der Waals surface area (Å²) >= 11 is 0. The van der Waals surface area contributed by atoms with Gasteiger partial charge in [-0.25, -0.2) is 9.37 Å². The normalized spacial score (nSPS) is 14.0. The van der Waals surface area contributed by atoms with E-state index in [0.717, 1.165) is 18.4 Å². The summed E-state index contributed by atoms with van der Waals surface area (Å²) in [5, 5.41) is 22.7. The molecule has 0 amide bonds. The molecule has 26 heavy (non-hydrogen) atoms. The van der Waals surface area contributed by atoms with E-state index in [0.29, 0.717) is 23.2 Å². The highest BCUT2D eigenvalue weighted by molar-refractivity contribution is 5.32. The van der Waals surface area contributed by atoms with Crippen LogP contribution in [-0.4, -0.2) is 25.0 Å². The fraction of sp³-hybridized carbons (Fsp3) is 0.263. The molecule has 0 aliphatic heterocycles. The third-order valence-corrected chi connectivity index (χ3v) is 4.39. The molecule has 4 rings (SSSR count). The first-order valence-electron chi connectivity index (χ1n) is 8.39. The van der Waals surface area contributed by atoms with E-state index in [1.807, 2.05) is 6.07 Å². The van der Waals surface area contributed by atoms with Gasteiger partial charge in [0.15, 0.2) is 12.1 Å². The minimum atomic E-state index is -1.60. The maximum absolute atomic E-state index is 14.3. The van der Waals surface area contributed by atoms with Crippen LogP contribution < -0.4 is 4.74 Å². The van der Waals surface area contributed by atoms with Gasteiger partial charge in [-0.15, -0.1) is 0 Å². The molecule has 1 aliphatic rings. The summed E-state index contributed by atoms with van der Waals surface area (Å²) in [4.78, 5) is 4.16. The van der Waals surface area contributed by atoms with Crippen LogP contribution in [0.1, 0.15) is 41.7 Å². The van der Waals surface area contributed by atoms with Gasteiger partial charge < -0.3 is 14.9 Å². The van der Waals surface area contributed by atoms with E-state index in [9.17, 15) is 14.6 Å². The lowest BCUT2D eigenvalue weighted by molar-refractivity contribution is -0.0425. The van der Waals surface area contributed by atoms with Gasteiger partial charge in [0, 0.05) is 23.4 Å². The van der Waals surface area contributed by atoms with Gasteiger partial charge in [0.1, 0.15) is 12.4 Å². The van der Waals surface area contributed by atoms with Crippen LogP contribution in [0.2, 0.25) is 0 Å². The van der Waals surface area contributed by atoms with Crippen molar-refractivity contribution in [2.75, 3.05) is 0 Å². The van der Waals surface area contributed by atoms with Crippen molar-refractivity contribution in [2.45, 2.75) is 31.7 Å². The summed E-state index contributed by atoms with van der Waals surface area (Å²) in [7, 11) is 0. The summed E-state index contributed by atoms with van der Waals surface area (Å²) in [5.41, 5.74) is 1.80. The Morgan fingerprint density at radius 2 is 2.00 bits per heavy atom. The number of rotatable bonds is 6. The van der Waals surface area contributed by atoms with Gasteiger partial charge in [-0.05, 0) is 42.5 Å². The second kappa shape index (κ2) is 6.86. The number of nitrogens with zero attached hydrogens (tertiary/aromatic N) is 3. The smallest absolute Gasteiger partial charge is 0.218 e. The first-order chi connectivity index (χ1) is 12.6. The molecule has 1 fully saturated rings. The molecule has 0 spiro atoms. The number of aliphatic hydroxyl groups is 2. The summed E-state index contributed by atoms with van der Waals surface area (Å²) in [6.07, 6.45) is 3.64. The Morgan fingerprint density at radius 1 is 1.15 bits per heavy atom. The molecule has 0 saturated heterocycles. The molecule has 3 aromatic rings. The SMILES string of the molecule is OC(O)c1ccnc(-n2nccc2OCc2ccc(C3CC3)cc2F)c1. The van der Waals surface area contributed by atoms with Crippen LogP contribution in [0.25, 0.3) is 5.82 Å². The van der Waals surface area contributed by atoms with E-state index in [1.165, 1.54) is 29.2 Å². The molecule has 1 saturated carbocycles. The van der Waals surface area contributed by atoms with Crippen molar-refractivity contribution in [3.05, 3.63) is 71.3 Å². The van der Waals surface area contributed by atoms with Gasteiger partial charge in [-0.2, -0.15) is 9.78 Å². The van der Waals surface area contributed by atoms with Gasteiger partial charge in [-0.3, -0.25) is 0 Å². The fourth-order valence-electron chi connectivity index (χ4n) is 2.79. The van der Waals surface area contributed by atoms with E-state index in [1.54, 1.807) is 18.2 Å². The zero-order chi connectivity index (χ0) is 18.1. The van der Waals surface area contributed by atoms with Crippen molar-refractivity contribution in [2.24, 2.45) is 0 Å². The van der Waals surface area contributed by atoms with Crippen molar-refractivity contribution in [3.8, 4) is 11.7 Å². The number of aliphatic hydroxyl groups excluding tert-OH is 1. The molecule has 2 heterocycles. The van der Waals surface area contributed by atoms with Crippen LogP contribution >= 0.6 is 0 Å². The molecule has 2 aromatic heterocycles. The van der Waals surface area contributed by atoms with Crippen LogP contribution in [0.4, 0.5) is 4.39 Å². The third kappa shape index (κ3) is 3.44. The van der Waals surface area contributed by atoms with Gasteiger partial charge >= 0.3 is 0 Å². The first kappa shape index (κ1) is 16.7. The Balaban J connectivity index is 1.52. The van der Waals surface area contributed by atoms with Crippen molar-refractivity contribution >= 4 is 0 Å². The monoisotopic (exact) mass is 355 g/mol.